The van der Waals surface area contributed by atoms with E-state index >= 15 is 0 Å². The van der Waals surface area contributed by atoms with Crippen molar-refractivity contribution in [1.29, 1.82) is 0 Å². The van der Waals surface area contributed by atoms with Crippen LogP contribution >= 0.6 is 0 Å². The van der Waals surface area contributed by atoms with E-state index in [0.29, 0.717) is 30.2 Å². The second kappa shape index (κ2) is 9.08. The number of aromatic hydroxyl groups is 1. The molecule has 6 nitrogen and oxygen atoms in total. The van der Waals surface area contributed by atoms with Gasteiger partial charge in [0.2, 0.25) is 0 Å². The maximum absolute atomic E-state index is 12.1. The van der Waals surface area contributed by atoms with Crippen LogP contribution in [0.2, 0.25) is 0 Å². The number of carbonyl (C=O) groups excluding carboxylic acids is 1. The van der Waals surface area contributed by atoms with Crippen LogP contribution in [0.3, 0.4) is 0 Å². The fourth-order valence-corrected chi connectivity index (χ4v) is 2.72. The topological polar surface area (TPSA) is 77.4 Å². The number of hydrogen-bond acceptors (Lipinski definition) is 6. The first-order valence-electron chi connectivity index (χ1n) is 9.32. The predicted molar refractivity (Wildman–Crippen MR) is 107 cm³/mol. The summed E-state index contributed by atoms with van der Waals surface area (Å²) in [5.41, 5.74) is 1.90. The van der Waals surface area contributed by atoms with Crippen molar-refractivity contribution in [2.45, 2.75) is 26.7 Å². The molecular weight excluding hydrogens is 358 g/mol. The minimum atomic E-state index is -0.563. The highest BCUT2D eigenvalue weighted by atomic mass is 16.7. The molecule has 1 aliphatic heterocycles. The lowest BCUT2D eigenvalue weighted by molar-refractivity contribution is -0.136. The molecule has 1 heterocycles. The van der Waals surface area contributed by atoms with Crippen LogP contribution in [0.25, 0.3) is 6.08 Å². The van der Waals surface area contributed by atoms with Gasteiger partial charge in [0.15, 0.2) is 0 Å². The lowest BCUT2D eigenvalue weighted by atomic mass is 10.00. The van der Waals surface area contributed by atoms with Crippen molar-refractivity contribution >= 4 is 17.8 Å². The molecule has 2 aromatic carbocycles. The highest BCUT2D eigenvalue weighted by molar-refractivity contribution is 6.31. The number of unbranched alkanes of at least 4 members (excludes halogenated alkanes) is 1. The van der Waals surface area contributed by atoms with E-state index in [0.717, 1.165) is 24.2 Å². The van der Waals surface area contributed by atoms with Crippen molar-refractivity contribution in [1.82, 2.24) is 0 Å². The van der Waals surface area contributed by atoms with Crippen LogP contribution in [-0.2, 0) is 9.63 Å². The third kappa shape index (κ3) is 4.52. The Morgan fingerprint density at radius 2 is 1.82 bits per heavy atom. The standard InChI is InChI=1S/C22H23NO5/c1-3-5-12-27-17-9-6-15(7-10-17)21-19(22(25)28-23-21)13-16-8-11-18(26-4-2)14-20(16)24/h6-11,13-14,24H,3-5,12H2,1-2H3/b19-13-. The molecule has 0 fully saturated rings. The van der Waals surface area contributed by atoms with Crippen molar-refractivity contribution < 1.29 is 24.2 Å². The molecule has 0 saturated heterocycles. The van der Waals surface area contributed by atoms with Gasteiger partial charge in [0.25, 0.3) is 0 Å². The summed E-state index contributed by atoms with van der Waals surface area (Å²) in [5, 5.41) is 14.1. The van der Waals surface area contributed by atoms with Gasteiger partial charge in [-0.25, -0.2) is 4.79 Å². The van der Waals surface area contributed by atoms with Crippen LogP contribution in [-0.4, -0.2) is 30.0 Å². The van der Waals surface area contributed by atoms with E-state index in [9.17, 15) is 9.90 Å². The molecular formula is C22H23NO5. The van der Waals surface area contributed by atoms with Crippen molar-refractivity contribution in [2.24, 2.45) is 5.16 Å². The fourth-order valence-electron chi connectivity index (χ4n) is 2.72. The van der Waals surface area contributed by atoms with Crippen LogP contribution < -0.4 is 9.47 Å². The molecule has 0 amide bonds. The maximum atomic E-state index is 12.1. The number of nitrogens with zero attached hydrogens (tertiary/aromatic N) is 1. The summed E-state index contributed by atoms with van der Waals surface area (Å²) in [7, 11) is 0. The van der Waals surface area contributed by atoms with E-state index < -0.39 is 5.97 Å². The van der Waals surface area contributed by atoms with Gasteiger partial charge < -0.3 is 19.4 Å². The number of ether oxygens (including phenoxy) is 2. The molecule has 146 valence electrons. The first-order chi connectivity index (χ1) is 13.6. The van der Waals surface area contributed by atoms with Gasteiger partial charge in [0.1, 0.15) is 23.0 Å². The fraction of sp³-hybridized carbons (Fsp3) is 0.273. The first kappa shape index (κ1) is 19.5. The number of benzene rings is 2. The van der Waals surface area contributed by atoms with Gasteiger partial charge >= 0.3 is 5.97 Å². The van der Waals surface area contributed by atoms with Gasteiger partial charge in [-0.3, -0.25) is 0 Å². The van der Waals surface area contributed by atoms with E-state index in [1.807, 2.05) is 31.2 Å². The molecule has 1 N–H and O–H groups in total. The first-order valence-corrected chi connectivity index (χ1v) is 9.32. The molecule has 0 spiro atoms. The van der Waals surface area contributed by atoms with Gasteiger partial charge in [-0.2, -0.15) is 0 Å². The number of rotatable bonds is 8. The summed E-state index contributed by atoms with van der Waals surface area (Å²) >= 11 is 0. The normalized spacial score (nSPS) is 14.7. The maximum Gasteiger partial charge on any atom is 0.368 e. The number of oxime groups is 1. The van der Waals surface area contributed by atoms with Crippen LogP contribution in [0.15, 0.2) is 53.2 Å². The summed E-state index contributed by atoms with van der Waals surface area (Å²) in [4.78, 5) is 17.0. The molecule has 3 rings (SSSR count). The predicted octanol–water partition coefficient (Wildman–Crippen LogP) is 4.31. The average Bonchev–Trinajstić information content (AvgIpc) is 3.05. The zero-order chi connectivity index (χ0) is 19.9. The van der Waals surface area contributed by atoms with Crippen molar-refractivity contribution in [2.75, 3.05) is 13.2 Å². The molecule has 0 radical (unpaired) electrons. The van der Waals surface area contributed by atoms with Gasteiger partial charge in [0.05, 0.1) is 18.8 Å². The Labute approximate surface area is 164 Å². The SMILES string of the molecule is CCCCOc1ccc(C2=NOC(=O)/C2=C\c2ccc(OCC)cc2O)cc1. The minimum absolute atomic E-state index is 0.0113. The van der Waals surface area contributed by atoms with E-state index in [2.05, 4.69) is 12.1 Å². The van der Waals surface area contributed by atoms with Crippen LogP contribution in [0.1, 0.15) is 37.8 Å². The third-order valence-electron chi connectivity index (χ3n) is 4.20. The Hall–Kier alpha value is -3.28. The molecule has 1 aliphatic rings. The van der Waals surface area contributed by atoms with Gasteiger partial charge in [0, 0.05) is 17.2 Å². The van der Waals surface area contributed by atoms with E-state index in [1.54, 1.807) is 18.2 Å². The van der Waals surface area contributed by atoms with Crippen LogP contribution in [0.5, 0.6) is 17.2 Å². The van der Waals surface area contributed by atoms with Crippen molar-refractivity contribution in [3.63, 3.8) is 0 Å². The Bertz CT molecular complexity index is 900. The molecule has 0 unspecified atom stereocenters. The molecule has 28 heavy (non-hydrogen) atoms. The number of carbonyl (C=O) groups is 1. The van der Waals surface area contributed by atoms with Crippen LogP contribution in [0, 0.1) is 0 Å². The minimum Gasteiger partial charge on any atom is -0.507 e. The molecule has 0 atom stereocenters. The van der Waals surface area contributed by atoms with E-state index in [4.69, 9.17) is 14.3 Å². The Morgan fingerprint density at radius 1 is 1.07 bits per heavy atom. The average molecular weight is 381 g/mol. The Morgan fingerprint density at radius 3 is 2.50 bits per heavy atom. The Balaban J connectivity index is 1.82. The third-order valence-corrected chi connectivity index (χ3v) is 4.20. The van der Waals surface area contributed by atoms with Crippen LogP contribution in [0.4, 0.5) is 0 Å². The summed E-state index contributed by atoms with van der Waals surface area (Å²) in [5.74, 6) is 0.769. The second-order valence-electron chi connectivity index (χ2n) is 6.26. The van der Waals surface area contributed by atoms with Crippen molar-refractivity contribution in [3.05, 3.63) is 59.2 Å². The molecule has 0 saturated carbocycles. The number of hydrogen-bond donors (Lipinski definition) is 1. The summed E-state index contributed by atoms with van der Waals surface area (Å²) in [6.45, 7) is 5.14. The zero-order valence-electron chi connectivity index (χ0n) is 16.0. The van der Waals surface area contributed by atoms with E-state index in [-0.39, 0.29) is 11.3 Å². The summed E-state index contributed by atoms with van der Waals surface area (Å²) < 4.78 is 11.0. The molecule has 0 aliphatic carbocycles. The smallest absolute Gasteiger partial charge is 0.368 e. The van der Waals surface area contributed by atoms with Gasteiger partial charge in [-0.15, -0.1) is 0 Å². The lowest BCUT2D eigenvalue weighted by Gasteiger charge is -2.07. The largest absolute Gasteiger partial charge is 0.507 e. The van der Waals surface area contributed by atoms with Crippen molar-refractivity contribution in [3.8, 4) is 17.2 Å². The highest BCUT2D eigenvalue weighted by Gasteiger charge is 2.27. The summed E-state index contributed by atoms with van der Waals surface area (Å²) in [6.07, 6.45) is 3.63. The molecule has 0 aromatic heterocycles. The highest BCUT2D eigenvalue weighted by Crippen LogP contribution is 2.28. The molecule has 2 aromatic rings. The van der Waals surface area contributed by atoms with Gasteiger partial charge in [-0.05, 0) is 55.8 Å². The molecule has 6 heteroatoms. The van der Waals surface area contributed by atoms with E-state index in [1.165, 1.54) is 6.07 Å². The quantitative estimate of drug-likeness (QED) is 0.419. The molecule has 0 bridgehead atoms. The van der Waals surface area contributed by atoms with Gasteiger partial charge in [-0.1, -0.05) is 18.5 Å². The lowest BCUT2D eigenvalue weighted by Crippen LogP contribution is -2.07. The number of phenolic OH excluding ortho intramolecular Hbond substituents is 1. The number of phenols is 1. The summed E-state index contributed by atoms with van der Waals surface area (Å²) in [6, 6.07) is 12.2. The monoisotopic (exact) mass is 381 g/mol. The second-order valence-corrected chi connectivity index (χ2v) is 6.26. The zero-order valence-corrected chi connectivity index (χ0v) is 16.0. The Kier molecular flexibility index (Phi) is 6.32.